The Hall–Kier alpha value is -0.120. The average molecular weight is 282 g/mol. The van der Waals surface area contributed by atoms with Crippen molar-refractivity contribution in [1.29, 1.82) is 0 Å². The minimum Gasteiger partial charge on any atom is -0.377 e. The molecule has 1 aliphatic heterocycles. The average Bonchev–Trinajstić information content (AvgIpc) is 2.98. The molecule has 118 valence electrons. The highest BCUT2D eigenvalue weighted by molar-refractivity contribution is 4.84. The monoisotopic (exact) mass is 282 g/mol. The van der Waals surface area contributed by atoms with Gasteiger partial charge in [0.05, 0.1) is 6.10 Å². The fraction of sp³-hybridized carbons (Fsp3) is 1.00. The molecule has 0 spiro atoms. The highest BCUT2D eigenvalue weighted by Gasteiger charge is 2.27. The summed E-state index contributed by atoms with van der Waals surface area (Å²) < 4.78 is 5.81. The first kappa shape index (κ1) is 16.3. The van der Waals surface area contributed by atoms with Crippen LogP contribution in [0.25, 0.3) is 0 Å². The lowest BCUT2D eigenvalue weighted by Gasteiger charge is -2.36. The van der Waals surface area contributed by atoms with E-state index in [-0.39, 0.29) is 0 Å². The van der Waals surface area contributed by atoms with Gasteiger partial charge in [-0.1, -0.05) is 26.7 Å². The summed E-state index contributed by atoms with van der Waals surface area (Å²) in [6.45, 7) is 10.3. The lowest BCUT2D eigenvalue weighted by Crippen LogP contribution is -2.45. The van der Waals surface area contributed by atoms with Crippen LogP contribution in [0.1, 0.15) is 58.8 Å². The number of ether oxygens (including phenoxy) is 1. The summed E-state index contributed by atoms with van der Waals surface area (Å²) in [5, 5.41) is 3.79. The largest absolute Gasteiger partial charge is 0.377 e. The molecule has 1 saturated heterocycles. The van der Waals surface area contributed by atoms with Crippen LogP contribution in [0.4, 0.5) is 0 Å². The van der Waals surface area contributed by atoms with Crippen molar-refractivity contribution in [3.63, 3.8) is 0 Å². The van der Waals surface area contributed by atoms with Crippen molar-refractivity contribution in [1.82, 2.24) is 10.2 Å². The van der Waals surface area contributed by atoms with Crippen LogP contribution in [0.3, 0.4) is 0 Å². The van der Waals surface area contributed by atoms with E-state index in [0.29, 0.717) is 6.10 Å². The van der Waals surface area contributed by atoms with Crippen LogP contribution >= 0.6 is 0 Å². The second kappa shape index (κ2) is 9.01. The Balaban J connectivity index is 1.79. The number of nitrogens with zero attached hydrogens (tertiary/aromatic N) is 1. The summed E-state index contributed by atoms with van der Waals surface area (Å²) >= 11 is 0. The van der Waals surface area contributed by atoms with Crippen molar-refractivity contribution in [2.75, 3.05) is 32.8 Å². The van der Waals surface area contributed by atoms with E-state index in [0.717, 1.165) is 31.7 Å². The summed E-state index contributed by atoms with van der Waals surface area (Å²) in [6, 6.07) is 0.752. The van der Waals surface area contributed by atoms with E-state index < -0.39 is 0 Å². The molecule has 1 aliphatic carbocycles. The molecule has 2 aliphatic rings. The first-order valence-corrected chi connectivity index (χ1v) is 8.90. The lowest BCUT2D eigenvalue weighted by atomic mass is 9.84. The van der Waals surface area contributed by atoms with Crippen molar-refractivity contribution in [2.24, 2.45) is 5.92 Å². The number of hydrogen-bond acceptors (Lipinski definition) is 3. The van der Waals surface area contributed by atoms with E-state index in [4.69, 9.17) is 4.74 Å². The van der Waals surface area contributed by atoms with Crippen LogP contribution in [0.2, 0.25) is 0 Å². The molecule has 20 heavy (non-hydrogen) atoms. The van der Waals surface area contributed by atoms with Crippen LogP contribution in [0.15, 0.2) is 0 Å². The maximum Gasteiger partial charge on any atom is 0.0702 e. The predicted molar refractivity (Wildman–Crippen MR) is 85.1 cm³/mol. The molecule has 3 nitrogen and oxygen atoms in total. The van der Waals surface area contributed by atoms with E-state index >= 15 is 0 Å². The van der Waals surface area contributed by atoms with Crippen LogP contribution in [-0.4, -0.2) is 49.8 Å². The maximum atomic E-state index is 5.81. The van der Waals surface area contributed by atoms with Gasteiger partial charge in [-0.2, -0.15) is 0 Å². The van der Waals surface area contributed by atoms with Gasteiger partial charge in [-0.3, -0.25) is 0 Å². The predicted octanol–water partition coefficient (Wildman–Crippen LogP) is 3.05. The van der Waals surface area contributed by atoms with Gasteiger partial charge < -0.3 is 15.0 Å². The van der Waals surface area contributed by atoms with Crippen molar-refractivity contribution in [3.05, 3.63) is 0 Å². The smallest absolute Gasteiger partial charge is 0.0702 e. The van der Waals surface area contributed by atoms with Gasteiger partial charge in [-0.15, -0.1) is 0 Å². The van der Waals surface area contributed by atoms with Gasteiger partial charge in [0, 0.05) is 25.7 Å². The zero-order valence-corrected chi connectivity index (χ0v) is 13.6. The minimum absolute atomic E-state index is 0.501. The van der Waals surface area contributed by atoms with Crippen LogP contribution in [0, 0.1) is 5.92 Å². The molecule has 0 aromatic heterocycles. The molecule has 1 N–H and O–H groups in total. The van der Waals surface area contributed by atoms with Gasteiger partial charge in [0.15, 0.2) is 0 Å². The van der Waals surface area contributed by atoms with Gasteiger partial charge in [-0.05, 0) is 51.1 Å². The van der Waals surface area contributed by atoms with Crippen molar-refractivity contribution in [3.8, 4) is 0 Å². The molecule has 0 bridgehead atoms. The molecule has 3 unspecified atom stereocenters. The Morgan fingerprint density at radius 2 is 1.90 bits per heavy atom. The zero-order chi connectivity index (χ0) is 14.2. The van der Waals surface area contributed by atoms with Gasteiger partial charge >= 0.3 is 0 Å². The molecule has 0 aromatic rings. The van der Waals surface area contributed by atoms with Crippen LogP contribution in [0.5, 0.6) is 0 Å². The summed E-state index contributed by atoms with van der Waals surface area (Å²) in [7, 11) is 0. The third-order valence-corrected chi connectivity index (χ3v) is 4.99. The lowest BCUT2D eigenvalue weighted by molar-refractivity contribution is 0.0632. The molecule has 3 atom stereocenters. The molecule has 0 amide bonds. The first-order chi connectivity index (χ1) is 9.83. The Morgan fingerprint density at radius 1 is 1.05 bits per heavy atom. The van der Waals surface area contributed by atoms with Crippen LogP contribution in [-0.2, 0) is 4.74 Å². The van der Waals surface area contributed by atoms with E-state index in [9.17, 15) is 0 Å². The Bertz CT molecular complexity index is 253. The standard InChI is InChI=1S/C17H34N2O/c1-3-11-18-17-10-6-5-8-15(17)13-19(4-2)14-16-9-7-12-20-16/h15-18H,3-14H2,1-2H3. The molecular weight excluding hydrogens is 248 g/mol. The summed E-state index contributed by atoms with van der Waals surface area (Å²) in [5.41, 5.74) is 0. The summed E-state index contributed by atoms with van der Waals surface area (Å²) in [4.78, 5) is 2.63. The third kappa shape index (κ3) is 5.01. The highest BCUT2D eigenvalue weighted by atomic mass is 16.5. The van der Waals surface area contributed by atoms with Crippen molar-refractivity contribution < 1.29 is 4.74 Å². The number of hydrogen-bond donors (Lipinski definition) is 1. The molecular formula is C17H34N2O. The van der Waals surface area contributed by atoms with Gasteiger partial charge in [-0.25, -0.2) is 0 Å². The molecule has 3 heteroatoms. The summed E-state index contributed by atoms with van der Waals surface area (Å²) in [5.74, 6) is 0.844. The molecule has 0 radical (unpaired) electrons. The minimum atomic E-state index is 0.501. The molecule has 0 aromatic carbocycles. The van der Waals surface area contributed by atoms with E-state index in [1.165, 1.54) is 58.0 Å². The van der Waals surface area contributed by atoms with E-state index in [2.05, 4.69) is 24.1 Å². The Morgan fingerprint density at radius 3 is 2.60 bits per heavy atom. The SMILES string of the molecule is CCCNC1CCCCC1CN(CC)CC1CCCO1. The molecule has 2 fully saturated rings. The van der Waals surface area contributed by atoms with E-state index in [1.54, 1.807) is 0 Å². The molecule has 1 heterocycles. The van der Waals surface area contributed by atoms with Gasteiger partial charge in [0.2, 0.25) is 0 Å². The topological polar surface area (TPSA) is 24.5 Å². The number of rotatable bonds is 8. The Kier molecular flexibility index (Phi) is 7.32. The zero-order valence-electron chi connectivity index (χ0n) is 13.6. The first-order valence-electron chi connectivity index (χ1n) is 8.90. The quantitative estimate of drug-likeness (QED) is 0.740. The van der Waals surface area contributed by atoms with Gasteiger partial charge in [0.1, 0.15) is 0 Å². The van der Waals surface area contributed by atoms with Crippen molar-refractivity contribution >= 4 is 0 Å². The number of likely N-dealkylation sites (N-methyl/N-ethyl adjacent to an activating group) is 1. The second-order valence-corrected chi connectivity index (χ2v) is 6.59. The Labute approximate surface area is 125 Å². The normalized spacial score (nSPS) is 31.1. The number of nitrogens with one attached hydrogen (secondary N) is 1. The van der Waals surface area contributed by atoms with Gasteiger partial charge in [0.25, 0.3) is 0 Å². The van der Waals surface area contributed by atoms with Crippen molar-refractivity contribution in [2.45, 2.75) is 70.9 Å². The highest BCUT2D eigenvalue weighted by Crippen LogP contribution is 2.26. The van der Waals surface area contributed by atoms with E-state index in [1.807, 2.05) is 0 Å². The molecule has 1 saturated carbocycles. The molecule has 2 rings (SSSR count). The fourth-order valence-corrected chi connectivity index (χ4v) is 3.77. The maximum absolute atomic E-state index is 5.81. The fourth-order valence-electron chi connectivity index (χ4n) is 3.77. The second-order valence-electron chi connectivity index (χ2n) is 6.59. The van der Waals surface area contributed by atoms with Crippen LogP contribution < -0.4 is 5.32 Å². The third-order valence-electron chi connectivity index (χ3n) is 4.99. The summed E-state index contributed by atoms with van der Waals surface area (Å²) in [6.07, 6.45) is 9.88.